The number of phenolic OH excluding ortho intramolecular Hbond substituents is 1. The third kappa shape index (κ3) is 5.30. The monoisotopic (exact) mass is 542 g/mol. The topological polar surface area (TPSA) is 85.3 Å². The number of amides is 1. The Morgan fingerprint density at radius 3 is 2.70 bits per heavy atom. The van der Waals surface area contributed by atoms with E-state index in [2.05, 4.69) is 34.4 Å². The Bertz CT molecular complexity index is 1400. The summed E-state index contributed by atoms with van der Waals surface area (Å²) in [5, 5.41) is 12.6. The van der Waals surface area contributed by atoms with E-state index in [1.54, 1.807) is 0 Å². The number of hydrogen-bond donors (Lipinski definition) is 1. The molecule has 0 saturated carbocycles. The van der Waals surface area contributed by atoms with Crippen molar-refractivity contribution in [3.8, 4) is 11.8 Å². The minimum Gasteiger partial charge on any atom is -0.508 e. The maximum Gasteiger partial charge on any atom is 0.318 e. The fourth-order valence-corrected chi connectivity index (χ4v) is 6.25. The molecule has 40 heavy (non-hydrogen) atoms. The molecule has 0 bridgehead atoms. The number of aromatic hydroxyl groups is 1. The number of ether oxygens (including phenoxy) is 1. The van der Waals surface area contributed by atoms with Crippen LogP contribution in [0.15, 0.2) is 49.1 Å². The predicted molar refractivity (Wildman–Crippen MR) is 157 cm³/mol. The Balaban J connectivity index is 1.30. The minimum absolute atomic E-state index is 0.0287. The molecule has 3 aliphatic rings. The number of benzene rings is 2. The first-order valence-corrected chi connectivity index (χ1v) is 14.4. The zero-order valence-electron chi connectivity index (χ0n) is 23.3. The van der Waals surface area contributed by atoms with Gasteiger partial charge in [0.25, 0.3) is 0 Å². The lowest BCUT2D eigenvalue weighted by Gasteiger charge is -2.38. The Kier molecular flexibility index (Phi) is 7.47. The normalized spacial score (nSPS) is 19.9. The Morgan fingerprint density at radius 1 is 1.07 bits per heavy atom. The molecule has 3 aliphatic heterocycles. The molecule has 3 aromatic rings. The van der Waals surface area contributed by atoms with Gasteiger partial charge in [-0.1, -0.05) is 37.3 Å². The van der Waals surface area contributed by atoms with E-state index in [1.165, 1.54) is 18.9 Å². The third-order valence-corrected chi connectivity index (χ3v) is 8.58. The Hall–Kier alpha value is -3.85. The zero-order chi connectivity index (χ0) is 27.6. The number of anilines is 2. The number of likely N-dealkylation sites (N-methyl/N-ethyl adjacent to an activating group) is 1. The minimum atomic E-state index is -0.0287. The highest BCUT2D eigenvalue weighted by Crippen LogP contribution is 2.36. The molecule has 9 heteroatoms. The molecular weight excluding hydrogens is 504 g/mol. The standard InChI is InChI=1S/C31H38N6O3/c1-3-29(39)35-14-16-36(17-15-35)30-26-11-13-37(28-19-24(38)18-22-8-4-5-10-25(22)28)20-27(26)32-31(33-30)40-21-23-9-6-7-12-34(23)2/h3-5,8,10,18-19,23,38H,1,6-7,9,11-17,20-21H2,2H3/t23-/m0/s1. The molecule has 2 fully saturated rings. The number of aromatic nitrogens is 2. The van der Waals surface area contributed by atoms with Gasteiger partial charge in [0.15, 0.2) is 0 Å². The van der Waals surface area contributed by atoms with Crippen LogP contribution in [0.1, 0.15) is 30.5 Å². The van der Waals surface area contributed by atoms with Crippen molar-refractivity contribution in [2.75, 3.05) is 62.7 Å². The van der Waals surface area contributed by atoms with Crippen molar-refractivity contribution in [1.82, 2.24) is 19.8 Å². The lowest BCUT2D eigenvalue weighted by molar-refractivity contribution is -0.126. The molecule has 4 heterocycles. The lowest BCUT2D eigenvalue weighted by Crippen LogP contribution is -2.49. The van der Waals surface area contributed by atoms with E-state index in [1.807, 2.05) is 35.2 Å². The van der Waals surface area contributed by atoms with Crippen molar-refractivity contribution in [3.05, 3.63) is 60.3 Å². The van der Waals surface area contributed by atoms with E-state index in [9.17, 15) is 9.90 Å². The van der Waals surface area contributed by atoms with Crippen LogP contribution in [0, 0.1) is 0 Å². The van der Waals surface area contributed by atoms with Crippen LogP contribution in [0.2, 0.25) is 0 Å². The molecule has 2 saturated heterocycles. The number of likely N-dealkylation sites (tertiary alicyclic amines) is 1. The van der Waals surface area contributed by atoms with Crippen LogP contribution in [0.4, 0.5) is 11.5 Å². The van der Waals surface area contributed by atoms with Crippen LogP contribution in [0.3, 0.4) is 0 Å². The molecule has 0 radical (unpaired) electrons. The average molecular weight is 543 g/mol. The summed E-state index contributed by atoms with van der Waals surface area (Å²) in [5.41, 5.74) is 3.11. The summed E-state index contributed by atoms with van der Waals surface area (Å²) in [6.07, 6.45) is 5.73. The molecule has 1 amide bonds. The van der Waals surface area contributed by atoms with Crippen molar-refractivity contribution in [2.45, 2.75) is 38.3 Å². The summed E-state index contributed by atoms with van der Waals surface area (Å²) in [7, 11) is 2.16. The summed E-state index contributed by atoms with van der Waals surface area (Å²) in [6, 6.07) is 12.6. The fourth-order valence-electron chi connectivity index (χ4n) is 6.25. The zero-order valence-corrected chi connectivity index (χ0v) is 23.3. The fraction of sp³-hybridized carbons (Fsp3) is 0.452. The van der Waals surface area contributed by atoms with Gasteiger partial charge in [-0.05, 0) is 50.4 Å². The van der Waals surface area contributed by atoms with Crippen molar-refractivity contribution < 1.29 is 14.6 Å². The Labute approximate surface area is 235 Å². The third-order valence-electron chi connectivity index (χ3n) is 8.58. The van der Waals surface area contributed by atoms with Gasteiger partial charge in [0.2, 0.25) is 5.91 Å². The van der Waals surface area contributed by atoms with Crippen molar-refractivity contribution >= 4 is 28.2 Å². The first-order chi connectivity index (χ1) is 19.5. The second-order valence-corrected chi connectivity index (χ2v) is 11.1. The van der Waals surface area contributed by atoms with Crippen LogP contribution >= 0.6 is 0 Å². The van der Waals surface area contributed by atoms with Gasteiger partial charge >= 0.3 is 6.01 Å². The van der Waals surface area contributed by atoms with Crippen LogP contribution in [-0.4, -0.2) is 89.7 Å². The van der Waals surface area contributed by atoms with Crippen molar-refractivity contribution in [1.29, 1.82) is 0 Å². The number of hydrogen-bond acceptors (Lipinski definition) is 8. The first kappa shape index (κ1) is 26.4. The second kappa shape index (κ2) is 11.3. The van der Waals surface area contributed by atoms with E-state index < -0.39 is 0 Å². The van der Waals surface area contributed by atoms with Gasteiger partial charge in [-0.3, -0.25) is 4.79 Å². The molecule has 0 unspecified atom stereocenters. The van der Waals surface area contributed by atoms with Gasteiger partial charge in [-0.2, -0.15) is 9.97 Å². The van der Waals surface area contributed by atoms with Gasteiger partial charge in [-0.15, -0.1) is 0 Å². The summed E-state index contributed by atoms with van der Waals surface area (Å²) in [5.74, 6) is 1.15. The first-order valence-electron chi connectivity index (χ1n) is 14.4. The maximum atomic E-state index is 12.2. The molecule has 210 valence electrons. The van der Waals surface area contributed by atoms with Crippen LogP contribution in [0.5, 0.6) is 11.8 Å². The molecular formula is C31H38N6O3. The smallest absolute Gasteiger partial charge is 0.318 e. The maximum absolute atomic E-state index is 12.2. The average Bonchev–Trinajstić information content (AvgIpc) is 2.99. The SMILES string of the molecule is C=CC(=O)N1CCN(c2nc(OC[C@@H]3CCCCN3C)nc3c2CCN(c2cc(O)cc4ccccc24)C3)CC1. The lowest BCUT2D eigenvalue weighted by atomic mass is 10.0. The number of phenols is 1. The van der Waals surface area contributed by atoms with Gasteiger partial charge in [0, 0.05) is 61.5 Å². The van der Waals surface area contributed by atoms with Crippen LogP contribution < -0.4 is 14.5 Å². The van der Waals surface area contributed by atoms with E-state index in [0.717, 1.165) is 59.5 Å². The van der Waals surface area contributed by atoms with Gasteiger partial charge in [0.05, 0.1) is 12.2 Å². The number of piperidine rings is 1. The quantitative estimate of drug-likeness (QED) is 0.473. The van der Waals surface area contributed by atoms with E-state index in [4.69, 9.17) is 14.7 Å². The van der Waals surface area contributed by atoms with Crippen LogP contribution in [-0.2, 0) is 17.8 Å². The van der Waals surface area contributed by atoms with Gasteiger partial charge < -0.3 is 29.4 Å². The molecule has 1 aromatic heterocycles. The van der Waals surface area contributed by atoms with Gasteiger partial charge in [-0.25, -0.2) is 0 Å². The highest BCUT2D eigenvalue weighted by atomic mass is 16.5. The molecule has 0 spiro atoms. The molecule has 0 aliphatic carbocycles. The second-order valence-electron chi connectivity index (χ2n) is 11.1. The number of fused-ring (bicyclic) bond motifs is 2. The van der Waals surface area contributed by atoms with Crippen molar-refractivity contribution in [2.24, 2.45) is 0 Å². The van der Waals surface area contributed by atoms with Crippen molar-refractivity contribution in [3.63, 3.8) is 0 Å². The number of carbonyl (C=O) groups excluding carboxylic acids is 1. The summed E-state index contributed by atoms with van der Waals surface area (Å²) >= 11 is 0. The van der Waals surface area contributed by atoms with E-state index in [0.29, 0.717) is 51.4 Å². The highest BCUT2D eigenvalue weighted by Gasteiger charge is 2.29. The predicted octanol–water partition coefficient (Wildman–Crippen LogP) is 3.60. The molecule has 1 N–H and O–H groups in total. The highest BCUT2D eigenvalue weighted by molar-refractivity contribution is 5.95. The number of nitrogens with zero attached hydrogens (tertiary/aromatic N) is 6. The van der Waals surface area contributed by atoms with E-state index in [-0.39, 0.29) is 11.7 Å². The largest absolute Gasteiger partial charge is 0.508 e. The number of carbonyl (C=O) groups is 1. The number of piperazine rings is 1. The summed E-state index contributed by atoms with van der Waals surface area (Å²) in [6.45, 7) is 9.36. The molecule has 2 aromatic carbocycles. The summed E-state index contributed by atoms with van der Waals surface area (Å²) < 4.78 is 6.29. The van der Waals surface area contributed by atoms with E-state index >= 15 is 0 Å². The molecule has 9 nitrogen and oxygen atoms in total. The van der Waals surface area contributed by atoms with Crippen LogP contribution in [0.25, 0.3) is 10.8 Å². The molecule has 1 atom stereocenters. The van der Waals surface area contributed by atoms with Gasteiger partial charge in [0.1, 0.15) is 18.2 Å². The summed E-state index contributed by atoms with van der Waals surface area (Å²) in [4.78, 5) is 30.8. The number of rotatable bonds is 6. The Morgan fingerprint density at radius 2 is 1.90 bits per heavy atom. The molecule has 6 rings (SSSR count).